The summed E-state index contributed by atoms with van der Waals surface area (Å²) in [4.78, 5) is 16.4. The van der Waals surface area contributed by atoms with Crippen LogP contribution in [0.1, 0.15) is 17.4 Å². The van der Waals surface area contributed by atoms with Gasteiger partial charge in [0, 0.05) is 0 Å². The van der Waals surface area contributed by atoms with Crippen molar-refractivity contribution >= 4 is 14.1 Å². The average Bonchev–Trinajstić information content (AvgIpc) is 3.18. The Bertz CT molecular complexity index is 1260. The van der Waals surface area contributed by atoms with Gasteiger partial charge in [-0.3, -0.25) is 4.57 Å². The fourth-order valence-electron chi connectivity index (χ4n) is 4.39. The quantitative estimate of drug-likeness (QED) is 0.360. The molecule has 3 aromatic rings. The molecule has 204 valence electrons. The van der Waals surface area contributed by atoms with E-state index in [0.717, 1.165) is 21.9 Å². The topological polar surface area (TPSA) is 97.8 Å². The van der Waals surface area contributed by atoms with E-state index in [2.05, 4.69) is 4.98 Å². The molecule has 38 heavy (non-hydrogen) atoms. The third kappa shape index (κ3) is 6.53. The van der Waals surface area contributed by atoms with Crippen LogP contribution in [0.2, 0.25) is 19.6 Å². The highest BCUT2D eigenvalue weighted by atomic mass is 28.4. The highest BCUT2D eigenvalue weighted by molar-refractivity contribution is 6.69. The second-order valence-corrected chi connectivity index (χ2v) is 14.7. The van der Waals surface area contributed by atoms with E-state index in [-0.39, 0.29) is 19.8 Å². The Hall–Kier alpha value is -2.96. The van der Waals surface area contributed by atoms with E-state index in [0.29, 0.717) is 0 Å². The van der Waals surface area contributed by atoms with Crippen LogP contribution in [-0.4, -0.2) is 49.0 Å². The summed E-state index contributed by atoms with van der Waals surface area (Å²) >= 11 is 0. The number of rotatable bonds is 11. The maximum atomic E-state index is 15.1. The standard InChI is InChI=1S/C27H33F2N3O5Si/c1-38(2,3)37-22-23(35-16-20-12-8-5-9-13-20)27(17-28,18-34-15-19-10-6-4-7-11-19)36-25(22)32-14-21(29)24(30)31-26(32)33/h4-14,22-23,25H,15-18H2,1-3H3,(H2,30,31,33)/t22?,23-,25+,27+/m0/s1. The number of anilines is 1. The van der Waals surface area contributed by atoms with Gasteiger partial charge in [0.25, 0.3) is 0 Å². The van der Waals surface area contributed by atoms with E-state index in [1.165, 1.54) is 0 Å². The SMILES string of the molecule is C[Si](C)(C)OC1[C@H](n2cc(F)c(N)nc2=O)O[C@](CF)(COCc2ccccc2)[C@H]1OCc1ccccc1. The predicted molar refractivity (Wildman–Crippen MR) is 141 cm³/mol. The lowest BCUT2D eigenvalue weighted by Gasteiger charge is -2.34. The summed E-state index contributed by atoms with van der Waals surface area (Å²) in [6, 6.07) is 18.8. The van der Waals surface area contributed by atoms with E-state index in [4.69, 9.17) is 24.4 Å². The summed E-state index contributed by atoms with van der Waals surface area (Å²) < 4.78 is 55.4. The van der Waals surface area contributed by atoms with Crippen LogP contribution in [0.25, 0.3) is 0 Å². The van der Waals surface area contributed by atoms with Gasteiger partial charge in [0.1, 0.15) is 18.9 Å². The molecule has 1 aromatic heterocycles. The number of benzene rings is 2. The molecule has 1 unspecified atom stereocenters. The summed E-state index contributed by atoms with van der Waals surface area (Å²) in [6.07, 6.45) is -2.27. The summed E-state index contributed by atoms with van der Waals surface area (Å²) in [7, 11) is -2.33. The maximum Gasteiger partial charge on any atom is 0.351 e. The molecule has 1 saturated heterocycles. The molecule has 4 rings (SSSR count). The number of nitrogens with zero attached hydrogens (tertiary/aromatic N) is 2. The third-order valence-corrected chi connectivity index (χ3v) is 7.09. The minimum atomic E-state index is -2.33. The Balaban J connectivity index is 1.72. The fraction of sp³-hybridized carbons (Fsp3) is 0.407. The molecule has 4 atom stereocenters. The van der Waals surface area contributed by atoms with Crippen molar-refractivity contribution in [3.63, 3.8) is 0 Å². The molecule has 2 N–H and O–H groups in total. The van der Waals surface area contributed by atoms with Crippen molar-refractivity contribution in [3.05, 3.63) is 94.3 Å². The Morgan fingerprint density at radius 2 is 1.66 bits per heavy atom. The average molecular weight is 546 g/mol. The summed E-state index contributed by atoms with van der Waals surface area (Å²) in [5.41, 5.74) is 4.76. The van der Waals surface area contributed by atoms with E-state index < -0.39 is 56.4 Å². The second-order valence-electron chi connectivity index (χ2n) is 10.3. The normalized spacial score (nSPS) is 23.6. The monoisotopic (exact) mass is 545 g/mol. The lowest BCUT2D eigenvalue weighted by atomic mass is 9.97. The molecule has 0 bridgehead atoms. The highest BCUT2D eigenvalue weighted by Gasteiger charge is 2.59. The molecule has 0 spiro atoms. The largest absolute Gasteiger partial charge is 0.407 e. The van der Waals surface area contributed by atoms with Crippen LogP contribution in [0, 0.1) is 5.82 Å². The number of halogens is 2. The molecule has 0 radical (unpaired) electrons. The molecule has 0 saturated carbocycles. The zero-order valence-corrected chi connectivity index (χ0v) is 22.7. The van der Waals surface area contributed by atoms with Gasteiger partial charge in [-0.25, -0.2) is 13.6 Å². The van der Waals surface area contributed by atoms with Crippen molar-refractivity contribution < 1.29 is 27.4 Å². The van der Waals surface area contributed by atoms with Crippen molar-refractivity contribution in [2.45, 2.75) is 56.9 Å². The minimum Gasteiger partial charge on any atom is -0.407 e. The van der Waals surface area contributed by atoms with Gasteiger partial charge in [-0.1, -0.05) is 60.7 Å². The molecular weight excluding hydrogens is 512 g/mol. The maximum absolute atomic E-state index is 15.1. The summed E-state index contributed by atoms with van der Waals surface area (Å²) in [6.45, 7) is 5.00. The van der Waals surface area contributed by atoms with Crippen LogP contribution in [0.4, 0.5) is 14.6 Å². The van der Waals surface area contributed by atoms with Crippen molar-refractivity contribution in [2.24, 2.45) is 0 Å². The van der Waals surface area contributed by atoms with Gasteiger partial charge in [0.05, 0.1) is 26.0 Å². The number of hydrogen-bond acceptors (Lipinski definition) is 7. The van der Waals surface area contributed by atoms with Crippen molar-refractivity contribution in [1.29, 1.82) is 0 Å². The molecule has 2 aromatic carbocycles. The number of nitrogen functional groups attached to an aromatic ring is 1. The number of aromatic nitrogens is 2. The van der Waals surface area contributed by atoms with Gasteiger partial charge >= 0.3 is 5.69 Å². The van der Waals surface area contributed by atoms with Crippen LogP contribution in [-0.2, 0) is 31.9 Å². The predicted octanol–water partition coefficient (Wildman–Crippen LogP) is 4.22. The lowest BCUT2D eigenvalue weighted by molar-refractivity contribution is -0.165. The zero-order chi connectivity index (χ0) is 27.3. The summed E-state index contributed by atoms with van der Waals surface area (Å²) in [5, 5.41) is 0. The lowest BCUT2D eigenvalue weighted by Crippen LogP contribution is -2.52. The van der Waals surface area contributed by atoms with Crippen molar-refractivity contribution in [3.8, 4) is 0 Å². The Kier molecular flexibility index (Phi) is 8.73. The number of alkyl halides is 1. The van der Waals surface area contributed by atoms with Gasteiger partial charge in [-0.15, -0.1) is 0 Å². The van der Waals surface area contributed by atoms with Crippen molar-refractivity contribution in [1.82, 2.24) is 9.55 Å². The first-order chi connectivity index (χ1) is 18.1. The van der Waals surface area contributed by atoms with E-state index in [9.17, 15) is 9.18 Å². The smallest absolute Gasteiger partial charge is 0.351 e. The Morgan fingerprint density at radius 1 is 1.05 bits per heavy atom. The first-order valence-corrected chi connectivity index (χ1v) is 15.8. The van der Waals surface area contributed by atoms with Crippen LogP contribution >= 0.6 is 0 Å². The van der Waals surface area contributed by atoms with E-state index in [1.54, 1.807) is 0 Å². The molecule has 1 fully saturated rings. The number of nitrogens with two attached hydrogens (primary N) is 1. The Morgan fingerprint density at radius 3 is 2.24 bits per heavy atom. The molecule has 0 aliphatic carbocycles. The second kappa shape index (κ2) is 11.8. The van der Waals surface area contributed by atoms with Crippen LogP contribution in [0.15, 0.2) is 71.7 Å². The minimum absolute atomic E-state index is 0.136. The van der Waals surface area contributed by atoms with Gasteiger partial charge in [0.2, 0.25) is 0 Å². The van der Waals surface area contributed by atoms with E-state index >= 15 is 4.39 Å². The van der Waals surface area contributed by atoms with Crippen molar-refractivity contribution in [2.75, 3.05) is 19.0 Å². The molecule has 2 heterocycles. The molecule has 11 heteroatoms. The van der Waals surface area contributed by atoms with Gasteiger partial charge in [-0.2, -0.15) is 4.98 Å². The molecule has 0 amide bonds. The zero-order valence-electron chi connectivity index (χ0n) is 21.7. The van der Waals surface area contributed by atoms with Gasteiger partial charge < -0.3 is 24.4 Å². The number of hydrogen-bond donors (Lipinski definition) is 1. The van der Waals surface area contributed by atoms with Crippen LogP contribution in [0.3, 0.4) is 0 Å². The fourth-order valence-corrected chi connectivity index (χ4v) is 5.45. The number of ether oxygens (including phenoxy) is 3. The molecular formula is C27H33F2N3O5Si. The first kappa shape index (κ1) is 28.1. The summed E-state index contributed by atoms with van der Waals surface area (Å²) in [5.74, 6) is -1.44. The molecule has 1 aliphatic heterocycles. The van der Waals surface area contributed by atoms with Crippen LogP contribution in [0.5, 0.6) is 0 Å². The third-order valence-electron chi connectivity index (χ3n) is 6.11. The van der Waals surface area contributed by atoms with Gasteiger partial charge in [0.15, 0.2) is 31.8 Å². The first-order valence-electron chi connectivity index (χ1n) is 12.3. The molecule has 8 nitrogen and oxygen atoms in total. The molecule has 1 aliphatic rings. The Labute approximate surface area is 221 Å². The highest BCUT2D eigenvalue weighted by Crippen LogP contribution is 2.43. The van der Waals surface area contributed by atoms with Gasteiger partial charge in [-0.05, 0) is 30.8 Å². The van der Waals surface area contributed by atoms with E-state index in [1.807, 2.05) is 80.3 Å². The van der Waals surface area contributed by atoms with Crippen LogP contribution < -0.4 is 11.4 Å².